The van der Waals surface area contributed by atoms with Crippen molar-refractivity contribution in [1.82, 2.24) is 9.97 Å². The SMILES string of the molecule is CNc1cc(NCC2(c3cccs3)CCCCC2)ncn1. The molecule has 0 atom stereocenters. The van der Waals surface area contributed by atoms with Gasteiger partial charge in [-0.3, -0.25) is 0 Å². The first-order valence-electron chi connectivity index (χ1n) is 7.60. The van der Waals surface area contributed by atoms with Gasteiger partial charge in [0.2, 0.25) is 0 Å². The smallest absolute Gasteiger partial charge is 0.131 e. The Morgan fingerprint density at radius 3 is 2.71 bits per heavy atom. The van der Waals surface area contributed by atoms with Crippen LogP contribution in [0.2, 0.25) is 0 Å². The third-order valence-electron chi connectivity index (χ3n) is 4.39. The van der Waals surface area contributed by atoms with Gasteiger partial charge >= 0.3 is 0 Å². The molecule has 1 fully saturated rings. The summed E-state index contributed by atoms with van der Waals surface area (Å²) in [6.07, 6.45) is 8.16. The lowest BCUT2D eigenvalue weighted by Crippen LogP contribution is -2.36. The van der Waals surface area contributed by atoms with Gasteiger partial charge in [-0.15, -0.1) is 11.3 Å². The van der Waals surface area contributed by atoms with Crippen LogP contribution in [0.5, 0.6) is 0 Å². The van der Waals surface area contributed by atoms with Crippen LogP contribution in [-0.2, 0) is 5.41 Å². The zero-order chi connectivity index (χ0) is 14.5. The number of hydrogen-bond donors (Lipinski definition) is 2. The van der Waals surface area contributed by atoms with E-state index in [1.165, 1.54) is 37.0 Å². The molecule has 4 nitrogen and oxygen atoms in total. The fourth-order valence-corrected chi connectivity index (χ4v) is 4.16. The van der Waals surface area contributed by atoms with E-state index in [0.717, 1.165) is 18.2 Å². The molecule has 112 valence electrons. The average Bonchev–Trinajstić information content (AvgIpc) is 3.09. The highest BCUT2D eigenvalue weighted by Crippen LogP contribution is 2.41. The lowest BCUT2D eigenvalue weighted by atomic mass is 9.73. The van der Waals surface area contributed by atoms with Gasteiger partial charge in [0.15, 0.2) is 0 Å². The van der Waals surface area contributed by atoms with Crippen molar-refractivity contribution >= 4 is 23.0 Å². The summed E-state index contributed by atoms with van der Waals surface area (Å²) in [5.74, 6) is 1.75. The third kappa shape index (κ3) is 3.18. The van der Waals surface area contributed by atoms with E-state index in [0.29, 0.717) is 0 Å². The minimum atomic E-state index is 0.275. The minimum Gasteiger partial charge on any atom is -0.373 e. The van der Waals surface area contributed by atoms with Crippen LogP contribution in [0.3, 0.4) is 0 Å². The van der Waals surface area contributed by atoms with Gasteiger partial charge in [0, 0.05) is 30.0 Å². The first-order chi connectivity index (χ1) is 10.3. The Hall–Kier alpha value is -1.62. The van der Waals surface area contributed by atoms with E-state index >= 15 is 0 Å². The minimum absolute atomic E-state index is 0.275. The van der Waals surface area contributed by atoms with E-state index in [9.17, 15) is 0 Å². The van der Waals surface area contributed by atoms with E-state index in [2.05, 4.69) is 38.1 Å². The highest BCUT2D eigenvalue weighted by atomic mass is 32.1. The normalized spacial score (nSPS) is 17.4. The highest BCUT2D eigenvalue weighted by molar-refractivity contribution is 7.10. The molecule has 5 heteroatoms. The summed E-state index contributed by atoms with van der Waals surface area (Å²) in [5.41, 5.74) is 0.275. The zero-order valence-electron chi connectivity index (χ0n) is 12.4. The fourth-order valence-electron chi connectivity index (χ4n) is 3.17. The summed E-state index contributed by atoms with van der Waals surface area (Å²) in [4.78, 5) is 10.00. The van der Waals surface area contributed by atoms with E-state index in [1.54, 1.807) is 6.33 Å². The zero-order valence-corrected chi connectivity index (χ0v) is 13.2. The van der Waals surface area contributed by atoms with Crippen molar-refractivity contribution in [2.75, 3.05) is 24.2 Å². The number of thiophene rings is 1. The van der Waals surface area contributed by atoms with Crippen LogP contribution in [0.15, 0.2) is 29.9 Å². The molecule has 3 rings (SSSR count). The van der Waals surface area contributed by atoms with Crippen LogP contribution in [0.4, 0.5) is 11.6 Å². The molecular weight excluding hydrogens is 280 g/mol. The van der Waals surface area contributed by atoms with E-state index in [-0.39, 0.29) is 5.41 Å². The largest absolute Gasteiger partial charge is 0.373 e. The van der Waals surface area contributed by atoms with Gasteiger partial charge in [0.1, 0.15) is 18.0 Å². The Morgan fingerprint density at radius 2 is 2.00 bits per heavy atom. The number of hydrogen-bond acceptors (Lipinski definition) is 5. The van der Waals surface area contributed by atoms with Gasteiger partial charge in [-0.2, -0.15) is 0 Å². The van der Waals surface area contributed by atoms with Crippen molar-refractivity contribution in [3.63, 3.8) is 0 Å². The molecule has 21 heavy (non-hydrogen) atoms. The maximum atomic E-state index is 4.33. The molecule has 2 aromatic heterocycles. The molecule has 0 aromatic carbocycles. The van der Waals surface area contributed by atoms with Crippen LogP contribution in [0.25, 0.3) is 0 Å². The van der Waals surface area contributed by atoms with Crippen molar-refractivity contribution < 1.29 is 0 Å². The standard InChI is InChI=1S/C16H22N4S/c1-17-14-10-15(20-12-19-14)18-11-16(7-3-2-4-8-16)13-6-5-9-21-13/h5-6,9-10,12H,2-4,7-8,11H2,1H3,(H2,17,18,19,20). The molecule has 0 unspecified atom stereocenters. The molecule has 1 aliphatic rings. The number of nitrogens with zero attached hydrogens (tertiary/aromatic N) is 2. The van der Waals surface area contributed by atoms with Crippen molar-refractivity contribution in [2.24, 2.45) is 0 Å². The summed E-state index contributed by atoms with van der Waals surface area (Å²) in [7, 11) is 1.88. The van der Waals surface area contributed by atoms with E-state index < -0.39 is 0 Å². The van der Waals surface area contributed by atoms with Crippen LogP contribution in [0, 0.1) is 0 Å². The fraction of sp³-hybridized carbons (Fsp3) is 0.500. The lowest BCUT2D eigenvalue weighted by molar-refractivity contribution is 0.313. The predicted molar refractivity (Wildman–Crippen MR) is 89.2 cm³/mol. The maximum Gasteiger partial charge on any atom is 0.131 e. The van der Waals surface area contributed by atoms with Crippen LogP contribution >= 0.6 is 11.3 Å². The van der Waals surface area contributed by atoms with Crippen LogP contribution in [-0.4, -0.2) is 23.6 Å². The molecule has 2 N–H and O–H groups in total. The molecule has 0 amide bonds. The Morgan fingerprint density at radius 1 is 1.19 bits per heavy atom. The number of rotatable bonds is 5. The Kier molecular flexibility index (Phi) is 4.39. The van der Waals surface area contributed by atoms with Gasteiger partial charge in [-0.25, -0.2) is 9.97 Å². The topological polar surface area (TPSA) is 49.8 Å². The summed E-state index contributed by atoms with van der Waals surface area (Å²) in [6, 6.07) is 6.42. The summed E-state index contributed by atoms with van der Waals surface area (Å²) >= 11 is 1.89. The first-order valence-corrected chi connectivity index (χ1v) is 8.48. The molecule has 0 saturated heterocycles. The summed E-state index contributed by atoms with van der Waals surface area (Å²) < 4.78 is 0. The average molecular weight is 302 g/mol. The van der Waals surface area contributed by atoms with Gasteiger partial charge in [0.05, 0.1) is 0 Å². The number of anilines is 2. The summed E-state index contributed by atoms with van der Waals surface area (Å²) in [6.45, 7) is 0.952. The molecular formula is C16H22N4S. The monoisotopic (exact) mass is 302 g/mol. The molecule has 2 heterocycles. The maximum absolute atomic E-state index is 4.33. The van der Waals surface area contributed by atoms with Crippen LogP contribution < -0.4 is 10.6 Å². The second-order valence-electron chi connectivity index (χ2n) is 5.71. The lowest BCUT2D eigenvalue weighted by Gasteiger charge is -2.37. The highest BCUT2D eigenvalue weighted by Gasteiger charge is 2.34. The first kappa shape index (κ1) is 14.3. The molecule has 1 aliphatic carbocycles. The quantitative estimate of drug-likeness (QED) is 0.879. The van der Waals surface area contributed by atoms with E-state index in [1.807, 2.05) is 24.5 Å². The van der Waals surface area contributed by atoms with Gasteiger partial charge in [-0.05, 0) is 24.3 Å². The molecule has 0 bridgehead atoms. The van der Waals surface area contributed by atoms with Crippen molar-refractivity contribution in [1.29, 1.82) is 0 Å². The van der Waals surface area contributed by atoms with Crippen molar-refractivity contribution in [3.8, 4) is 0 Å². The molecule has 2 aromatic rings. The Bertz CT molecular complexity index is 561. The predicted octanol–water partition coefficient (Wildman–Crippen LogP) is 3.89. The number of aromatic nitrogens is 2. The second kappa shape index (κ2) is 6.43. The van der Waals surface area contributed by atoms with Crippen LogP contribution in [0.1, 0.15) is 37.0 Å². The third-order valence-corrected chi connectivity index (χ3v) is 5.50. The van der Waals surface area contributed by atoms with Gasteiger partial charge in [-0.1, -0.05) is 25.3 Å². The Labute approximate surface area is 130 Å². The molecule has 0 spiro atoms. The second-order valence-corrected chi connectivity index (χ2v) is 6.66. The van der Waals surface area contributed by atoms with E-state index in [4.69, 9.17) is 0 Å². The number of nitrogens with one attached hydrogen (secondary N) is 2. The molecule has 1 saturated carbocycles. The molecule has 0 radical (unpaired) electrons. The Balaban J connectivity index is 1.76. The van der Waals surface area contributed by atoms with Gasteiger partial charge in [0.25, 0.3) is 0 Å². The van der Waals surface area contributed by atoms with Crippen molar-refractivity contribution in [2.45, 2.75) is 37.5 Å². The molecule has 0 aliphatic heterocycles. The van der Waals surface area contributed by atoms with Crippen molar-refractivity contribution in [3.05, 3.63) is 34.8 Å². The van der Waals surface area contributed by atoms with Gasteiger partial charge < -0.3 is 10.6 Å². The summed E-state index contributed by atoms with van der Waals surface area (Å²) in [5, 5.41) is 8.78.